The number of aryl methyl sites for hydroxylation is 1. The van der Waals surface area contributed by atoms with Gasteiger partial charge in [0, 0.05) is 62.4 Å². The monoisotopic (exact) mass is 552 g/mol. The lowest BCUT2D eigenvalue weighted by molar-refractivity contribution is 0.0159. The largest absolute Gasteiger partial charge is 0.462 e. The summed E-state index contributed by atoms with van der Waals surface area (Å²) in [5.41, 5.74) is 2.89. The highest BCUT2D eigenvalue weighted by Crippen LogP contribution is 2.39. The number of rotatable bonds is 7. The van der Waals surface area contributed by atoms with E-state index in [4.69, 9.17) is 19.3 Å². The molecule has 0 aliphatic carbocycles. The second-order valence-corrected chi connectivity index (χ2v) is 12.0. The summed E-state index contributed by atoms with van der Waals surface area (Å²) >= 11 is 0. The van der Waals surface area contributed by atoms with Crippen LogP contribution in [0.15, 0.2) is 24.3 Å². The van der Waals surface area contributed by atoms with Crippen LogP contribution < -0.4 is 5.32 Å². The lowest BCUT2D eigenvalue weighted by Crippen LogP contribution is -2.40. The van der Waals surface area contributed by atoms with E-state index in [9.17, 15) is 14.4 Å². The van der Waals surface area contributed by atoms with Gasteiger partial charge in [0.2, 0.25) is 0 Å². The molecule has 2 aromatic rings. The second kappa shape index (κ2) is 11.7. The van der Waals surface area contributed by atoms with E-state index in [0.29, 0.717) is 75.8 Å². The fourth-order valence-corrected chi connectivity index (χ4v) is 5.88. The Bertz CT molecular complexity index is 1260. The first-order valence-corrected chi connectivity index (χ1v) is 14.3. The van der Waals surface area contributed by atoms with Gasteiger partial charge in [-0.15, -0.1) is 0 Å². The maximum absolute atomic E-state index is 13.1. The molecule has 2 saturated heterocycles. The van der Waals surface area contributed by atoms with Gasteiger partial charge in [0.25, 0.3) is 11.8 Å². The standard InChI is InChI=1S/C30H40N4O6/c1-4-34-25-23(17-30(19-31-26(25)35)8-12-38-13-9-30)24(32-34)18-29(2,3)20-40-28(37)22-7-5-6-21(16-22)27(36)33-10-14-39-15-11-33/h5-7,16H,4,8-15,17-20H2,1-3H3,(H,31,35). The van der Waals surface area contributed by atoms with Gasteiger partial charge in [-0.2, -0.15) is 5.10 Å². The van der Waals surface area contributed by atoms with Crippen LogP contribution in [0.5, 0.6) is 0 Å². The van der Waals surface area contributed by atoms with Crippen LogP contribution in [-0.4, -0.2) is 85.1 Å². The zero-order valence-corrected chi connectivity index (χ0v) is 23.8. The van der Waals surface area contributed by atoms with Gasteiger partial charge < -0.3 is 24.4 Å². The van der Waals surface area contributed by atoms with Gasteiger partial charge in [-0.05, 0) is 49.8 Å². The number of hydrogen-bond donors (Lipinski definition) is 1. The van der Waals surface area contributed by atoms with Crippen molar-refractivity contribution in [1.29, 1.82) is 0 Å². The summed E-state index contributed by atoms with van der Waals surface area (Å²) in [4.78, 5) is 40.8. The average Bonchev–Trinajstić information content (AvgIpc) is 3.23. The van der Waals surface area contributed by atoms with Crippen molar-refractivity contribution in [2.24, 2.45) is 10.8 Å². The average molecular weight is 553 g/mol. The third kappa shape index (κ3) is 6.07. The fraction of sp³-hybridized carbons (Fsp3) is 0.600. The Labute approximate surface area is 235 Å². The summed E-state index contributed by atoms with van der Waals surface area (Å²) in [7, 11) is 0. The minimum Gasteiger partial charge on any atom is -0.462 e. The molecule has 2 fully saturated rings. The number of hydrogen-bond acceptors (Lipinski definition) is 7. The molecule has 1 aromatic heterocycles. The molecule has 4 heterocycles. The zero-order valence-electron chi connectivity index (χ0n) is 23.8. The lowest BCUT2D eigenvalue weighted by Gasteiger charge is -2.36. The van der Waals surface area contributed by atoms with Gasteiger partial charge in [0.15, 0.2) is 0 Å². The Morgan fingerprint density at radius 1 is 1.10 bits per heavy atom. The van der Waals surface area contributed by atoms with Crippen molar-refractivity contribution in [3.05, 3.63) is 52.3 Å². The van der Waals surface area contributed by atoms with Gasteiger partial charge >= 0.3 is 5.97 Å². The number of fused-ring (bicyclic) bond motifs is 1. The summed E-state index contributed by atoms with van der Waals surface area (Å²) in [5.74, 6) is -0.658. The number of benzene rings is 1. The van der Waals surface area contributed by atoms with Crippen LogP contribution in [-0.2, 0) is 33.6 Å². The summed E-state index contributed by atoms with van der Waals surface area (Å²) in [6.07, 6.45) is 3.14. The molecule has 0 atom stereocenters. The summed E-state index contributed by atoms with van der Waals surface area (Å²) in [5, 5.41) is 8.01. The van der Waals surface area contributed by atoms with Gasteiger partial charge in [-0.25, -0.2) is 4.79 Å². The number of carbonyl (C=O) groups excluding carboxylic acids is 3. The molecule has 0 bridgehead atoms. The van der Waals surface area contributed by atoms with Crippen LogP contribution in [0.25, 0.3) is 0 Å². The molecule has 216 valence electrons. The Balaban J connectivity index is 1.29. The van der Waals surface area contributed by atoms with Gasteiger partial charge in [0.05, 0.1) is 31.1 Å². The topological polar surface area (TPSA) is 112 Å². The maximum Gasteiger partial charge on any atom is 0.338 e. The minimum atomic E-state index is -0.469. The van der Waals surface area contributed by atoms with Crippen molar-refractivity contribution in [3.8, 4) is 0 Å². The van der Waals surface area contributed by atoms with Crippen LogP contribution in [0.4, 0.5) is 0 Å². The summed E-state index contributed by atoms with van der Waals surface area (Å²) in [6.45, 7) is 11.0. The predicted molar refractivity (Wildman–Crippen MR) is 147 cm³/mol. The van der Waals surface area contributed by atoms with Gasteiger partial charge in [0.1, 0.15) is 5.69 Å². The molecule has 1 N–H and O–H groups in total. The number of morpholine rings is 1. The van der Waals surface area contributed by atoms with E-state index in [1.165, 1.54) is 0 Å². The van der Waals surface area contributed by atoms with Crippen molar-refractivity contribution < 1.29 is 28.6 Å². The minimum absolute atomic E-state index is 0.0319. The first kappa shape index (κ1) is 28.3. The molecule has 5 rings (SSSR count). The Morgan fingerprint density at radius 3 is 2.52 bits per heavy atom. The number of amides is 2. The van der Waals surface area contributed by atoms with Gasteiger partial charge in [-0.1, -0.05) is 19.9 Å². The molecule has 3 aliphatic heterocycles. The third-order valence-corrected chi connectivity index (χ3v) is 8.26. The predicted octanol–water partition coefficient (Wildman–Crippen LogP) is 2.88. The molecule has 40 heavy (non-hydrogen) atoms. The molecular formula is C30H40N4O6. The highest BCUT2D eigenvalue weighted by Gasteiger charge is 2.40. The second-order valence-electron chi connectivity index (χ2n) is 12.0. The Morgan fingerprint density at radius 2 is 1.80 bits per heavy atom. The first-order valence-electron chi connectivity index (χ1n) is 14.3. The van der Waals surface area contributed by atoms with Crippen LogP contribution >= 0.6 is 0 Å². The number of carbonyl (C=O) groups is 3. The fourth-order valence-electron chi connectivity index (χ4n) is 5.88. The number of aromatic nitrogens is 2. The summed E-state index contributed by atoms with van der Waals surface area (Å²) < 4.78 is 18.5. The Hall–Kier alpha value is -3.24. The SMILES string of the molecule is CCn1nc(CC(C)(C)COC(=O)c2cccc(C(=O)N3CCOCC3)c2)c2c1C(=O)NCC1(CCOCC1)C2. The normalized spacial score (nSPS) is 19.1. The quantitative estimate of drug-likeness (QED) is 0.526. The van der Waals surface area contributed by atoms with Crippen molar-refractivity contribution in [2.45, 2.75) is 53.0 Å². The van der Waals surface area contributed by atoms with E-state index in [1.54, 1.807) is 33.8 Å². The van der Waals surface area contributed by atoms with Crippen molar-refractivity contribution in [2.75, 3.05) is 52.7 Å². The molecule has 2 amide bonds. The lowest BCUT2D eigenvalue weighted by atomic mass is 9.74. The Kier molecular flexibility index (Phi) is 8.28. The molecule has 1 aromatic carbocycles. The van der Waals surface area contributed by atoms with E-state index in [1.807, 2.05) is 20.8 Å². The molecular weight excluding hydrogens is 512 g/mol. The van der Waals surface area contributed by atoms with Crippen LogP contribution in [0.2, 0.25) is 0 Å². The highest BCUT2D eigenvalue weighted by atomic mass is 16.5. The zero-order chi connectivity index (χ0) is 28.3. The molecule has 0 radical (unpaired) electrons. The molecule has 10 nitrogen and oxygen atoms in total. The van der Waals surface area contributed by atoms with E-state index in [0.717, 1.165) is 30.5 Å². The highest BCUT2D eigenvalue weighted by molar-refractivity contribution is 5.98. The molecule has 0 unspecified atom stereocenters. The number of esters is 1. The van der Waals surface area contributed by atoms with Crippen LogP contribution in [0.1, 0.15) is 76.1 Å². The van der Waals surface area contributed by atoms with Crippen molar-refractivity contribution in [3.63, 3.8) is 0 Å². The summed E-state index contributed by atoms with van der Waals surface area (Å²) in [6, 6.07) is 6.69. The molecule has 3 aliphatic rings. The molecule has 1 spiro atoms. The van der Waals surface area contributed by atoms with Gasteiger partial charge in [-0.3, -0.25) is 14.3 Å². The van der Waals surface area contributed by atoms with Crippen molar-refractivity contribution in [1.82, 2.24) is 20.0 Å². The number of nitrogens with one attached hydrogen (secondary N) is 1. The van der Waals surface area contributed by atoms with Crippen LogP contribution in [0.3, 0.4) is 0 Å². The van der Waals surface area contributed by atoms with E-state index >= 15 is 0 Å². The molecule has 0 saturated carbocycles. The number of ether oxygens (including phenoxy) is 3. The smallest absolute Gasteiger partial charge is 0.338 e. The number of nitrogens with zero attached hydrogens (tertiary/aromatic N) is 3. The van der Waals surface area contributed by atoms with Crippen molar-refractivity contribution >= 4 is 17.8 Å². The van der Waals surface area contributed by atoms with Crippen LogP contribution in [0, 0.1) is 10.8 Å². The van der Waals surface area contributed by atoms with E-state index in [-0.39, 0.29) is 23.8 Å². The maximum atomic E-state index is 13.1. The first-order chi connectivity index (χ1) is 19.2. The molecule has 10 heteroatoms. The van der Waals surface area contributed by atoms with E-state index in [2.05, 4.69) is 5.32 Å². The third-order valence-electron chi connectivity index (χ3n) is 8.26. The van der Waals surface area contributed by atoms with E-state index < -0.39 is 11.4 Å².